The number of benzene rings is 1. The third-order valence-electron chi connectivity index (χ3n) is 2.30. The van der Waals surface area contributed by atoms with Crippen LogP contribution in [0.25, 0.3) is 0 Å². The van der Waals surface area contributed by atoms with Crippen LogP contribution in [-0.2, 0) is 0 Å². The Morgan fingerprint density at radius 1 is 1.18 bits per heavy atom. The molecule has 0 aliphatic rings. The van der Waals surface area contributed by atoms with E-state index >= 15 is 0 Å². The molecule has 0 aliphatic heterocycles. The quantitative estimate of drug-likeness (QED) is 0.847. The SMILES string of the molecule is CC(CNC(C)C)COc1ccc(Cl)c(Cl)c1. The fourth-order valence-electron chi connectivity index (χ4n) is 1.30. The molecule has 1 atom stereocenters. The van der Waals surface area contributed by atoms with Gasteiger partial charge in [-0.15, -0.1) is 0 Å². The summed E-state index contributed by atoms with van der Waals surface area (Å²) in [7, 11) is 0. The zero-order chi connectivity index (χ0) is 12.8. The lowest BCUT2D eigenvalue weighted by atomic mass is 10.2. The maximum absolute atomic E-state index is 5.91. The Bertz CT molecular complexity index is 355. The maximum atomic E-state index is 5.91. The van der Waals surface area contributed by atoms with Crippen molar-refractivity contribution in [3.05, 3.63) is 28.2 Å². The summed E-state index contributed by atoms with van der Waals surface area (Å²) in [5.74, 6) is 1.21. The molecule has 17 heavy (non-hydrogen) atoms. The van der Waals surface area contributed by atoms with Crippen molar-refractivity contribution < 1.29 is 4.74 Å². The van der Waals surface area contributed by atoms with Crippen molar-refractivity contribution in [2.75, 3.05) is 13.2 Å². The maximum Gasteiger partial charge on any atom is 0.120 e. The standard InChI is InChI=1S/C13H19Cl2NO/c1-9(2)16-7-10(3)8-17-11-4-5-12(14)13(15)6-11/h4-6,9-10,16H,7-8H2,1-3H3. The van der Waals surface area contributed by atoms with Crippen molar-refractivity contribution in [2.24, 2.45) is 5.92 Å². The Kier molecular flexibility index (Phi) is 6.10. The van der Waals surface area contributed by atoms with E-state index in [0.29, 0.717) is 28.6 Å². The predicted molar refractivity (Wildman–Crippen MR) is 74.3 cm³/mol. The summed E-state index contributed by atoms with van der Waals surface area (Å²) < 4.78 is 5.65. The summed E-state index contributed by atoms with van der Waals surface area (Å²) in [5, 5.41) is 4.45. The molecule has 0 fully saturated rings. The lowest BCUT2D eigenvalue weighted by molar-refractivity contribution is 0.253. The highest BCUT2D eigenvalue weighted by atomic mass is 35.5. The zero-order valence-corrected chi connectivity index (χ0v) is 12.0. The molecule has 0 bridgehead atoms. The molecule has 0 saturated heterocycles. The van der Waals surface area contributed by atoms with Crippen LogP contribution in [0.2, 0.25) is 10.0 Å². The smallest absolute Gasteiger partial charge is 0.120 e. The molecule has 1 N–H and O–H groups in total. The van der Waals surface area contributed by atoms with Gasteiger partial charge in [-0.25, -0.2) is 0 Å². The highest BCUT2D eigenvalue weighted by Gasteiger charge is 2.05. The average Bonchev–Trinajstić information content (AvgIpc) is 2.28. The lowest BCUT2D eigenvalue weighted by Gasteiger charge is -2.16. The summed E-state index contributed by atoms with van der Waals surface area (Å²) in [6.45, 7) is 8.02. The Labute approximate surface area is 113 Å². The summed E-state index contributed by atoms with van der Waals surface area (Å²) in [6, 6.07) is 5.82. The summed E-state index contributed by atoms with van der Waals surface area (Å²) in [6.07, 6.45) is 0. The van der Waals surface area contributed by atoms with E-state index in [4.69, 9.17) is 27.9 Å². The second-order valence-corrected chi connectivity index (χ2v) is 5.37. The normalized spacial score (nSPS) is 12.8. The molecule has 1 unspecified atom stereocenters. The summed E-state index contributed by atoms with van der Waals surface area (Å²) in [5.41, 5.74) is 0. The molecule has 0 saturated carbocycles. The molecular weight excluding hydrogens is 257 g/mol. The van der Waals surface area contributed by atoms with Gasteiger partial charge >= 0.3 is 0 Å². The Hall–Kier alpha value is -0.440. The van der Waals surface area contributed by atoms with Gasteiger partial charge in [-0.3, -0.25) is 0 Å². The number of hydrogen-bond acceptors (Lipinski definition) is 2. The van der Waals surface area contributed by atoms with Gasteiger partial charge in [0.15, 0.2) is 0 Å². The first-order valence-electron chi connectivity index (χ1n) is 5.80. The van der Waals surface area contributed by atoms with Gasteiger partial charge in [0.25, 0.3) is 0 Å². The monoisotopic (exact) mass is 275 g/mol. The van der Waals surface area contributed by atoms with Crippen molar-refractivity contribution >= 4 is 23.2 Å². The topological polar surface area (TPSA) is 21.3 Å². The highest BCUT2D eigenvalue weighted by Crippen LogP contribution is 2.26. The molecule has 0 aliphatic carbocycles. The van der Waals surface area contributed by atoms with Crippen molar-refractivity contribution in [2.45, 2.75) is 26.8 Å². The fourth-order valence-corrected chi connectivity index (χ4v) is 1.59. The molecule has 0 aromatic heterocycles. The first kappa shape index (κ1) is 14.6. The average molecular weight is 276 g/mol. The Morgan fingerprint density at radius 2 is 1.88 bits per heavy atom. The largest absolute Gasteiger partial charge is 0.493 e. The highest BCUT2D eigenvalue weighted by molar-refractivity contribution is 6.42. The van der Waals surface area contributed by atoms with Crippen LogP contribution in [0.15, 0.2) is 18.2 Å². The third-order valence-corrected chi connectivity index (χ3v) is 3.04. The van der Waals surface area contributed by atoms with Crippen LogP contribution in [0.3, 0.4) is 0 Å². The molecule has 96 valence electrons. The minimum absolute atomic E-state index is 0.451. The molecule has 1 aromatic rings. The molecule has 2 nitrogen and oxygen atoms in total. The van der Waals surface area contributed by atoms with Crippen molar-refractivity contribution in [3.8, 4) is 5.75 Å². The second kappa shape index (κ2) is 7.10. The molecule has 0 spiro atoms. The van der Waals surface area contributed by atoms with Crippen molar-refractivity contribution in [1.82, 2.24) is 5.32 Å². The van der Waals surface area contributed by atoms with Crippen LogP contribution in [0.4, 0.5) is 0 Å². The molecule has 1 aromatic carbocycles. The van der Waals surface area contributed by atoms with Crippen molar-refractivity contribution in [3.63, 3.8) is 0 Å². The van der Waals surface area contributed by atoms with Gasteiger partial charge in [-0.2, -0.15) is 0 Å². The Morgan fingerprint density at radius 3 is 2.47 bits per heavy atom. The van der Waals surface area contributed by atoms with Crippen LogP contribution in [0, 0.1) is 5.92 Å². The van der Waals surface area contributed by atoms with E-state index in [1.807, 2.05) is 6.07 Å². The number of ether oxygens (including phenoxy) is 1. The molecule has 0 amide bonds. The first-order chi connectivity index (χ1) is 7.99. The van der Waals surface area contributed by atoms with Crippen molar-refractivity contribution in [1.29, 1.82) is 0 Å². The molecule has 1 rings (SSSR count). The van der Waals surface area contributed by atoms with E-state index in [9.17, 15) is 0 Å². The minimum Gasteiger partial charge on any atom is -0.493 e. The summed E-state index contributed by atoms with van der Waals surface area (Å²) >= 11 is 11.7. The second-order valence-electron chi connectivity index (χ2n) is 4.56. The lowest BCUT2D eigenvalue weighted by Crippen LogP contribution is -2.30. The van der Waals surface area contributed by atoms with E-state index in [0.717, 1.165) is 12.3 Å². The van der Waals surface area contributed by atoms with Gasteiger partial charge in [0.05, 0.1) is 16.7 Å². The first-order valence-corrected chi connectivity index (χ1v) is 6.56. The van der Waals surface area contributed by atoms with Gasteiger partial charge in [-0.05, 0) is 12.1 Å². The van der Waals surface area contributed by atoms with Gasteiger partial charge in [-0.1, -0.05) is 44.0 Å². The van der Waals surface area contributed by atoms with Crippen LogP contribution in [-0.4, -0.2) is 19.2 Å². The van der Waals surface area contributed by atoms with E-state index in [1.165, 1.54) is 0 Å². The fraction of sp³-hybridized carbons (Fsp3) is 0.538. The molecule has 0 radical (unpaired) electrons. The number of hydrogen-bond donors (Lipinski definition) is 1. The van der Waals surface area contributed by atoms with E-state index in [-0.39, 0.29) is 0 Å². The van der Waals surface area contributed by atoms with Crippen LogP contribution in [0.5, 0.6) is 5.75 Å². The minimum atomic E-state index is 0.451. The molecule has 4 heteroatoms. The van der Waals surface area contributed by atoms with Gasteiger partial charge < -0.3 is 10.1 Å². The number of nitrogens with one attached hydrogen (secondary N) is 1. The van der Waals surface area contributed by atoms with Gasteiger partial charge in [0.2, 0.25) is 0 Å². The summed E-state index contributed by atoms with van der Waals surface area (Å²) in [4.78, 5) is 0. The third kappa shape index (κ3) is 5.62. The van der Waals surface area contributed by atoms with Crippen LogP contribution in [0.1, 0.15) is 20.8 Å². The Balaban J connectivity index is 2.36. The zero-order valence-electron chi connectivity index (χ0n) is 10.5. The number of rotatable bonds is 6. The van der Waals surface area contributed by atoms with Gasteiger partial charge in [0, 0.05) is 24.6 Å². The molecule has 0 heterocycles. The van der Waals surface area contributed by atoms with E-state index in [2.05, 4.69) is 26.1 Å². The van der Waals surface area contributed by atoms with Crippen LogP contribution >= 0.6 is 23.2 Å². The number of halogens is 2. The molecular formula is C13H19Cl2NO. The van der Waals surface area contributed by atoms with E-state index in [1.54, 1.807) is 12.1 Å². The van der Waals surface area contributed by atoms with Crippen LogP contribution < -0.4 is 10.1 Å². The van der Waals surface area contributed by atoms with E-state index < -0.39 is 0 Å². The van der Waals surface area contributed by atoms with Gasteiger partial charge in [0.1, 0.15) is 5.75 Å². The predicted octanol–water partition coefficient (Wildman–Crippen LogP) is 4.01.